The quantitative estimate of drug-likeness (QED) is 0.725. The van der Waals surface area contributed by atoms with Crippen LogP contribution in [0.1, 0.15) is 32.6 Å². The van der Waals surface area contributed by atoms with Crippen LogP contribution in [0.3, 0.4) is 0 Å². The predicted molar refractivity (Wildman–Crippen MR) is 90.4 cm³/mol. The second-order valence-electron chi connectivity index (χ2n) is 5.44. The van der Waals surface area contributed by atoms with Gasteiger partial charge in [-0.2, -0.15) is 0 Å². The molecule has 1 amide bonds. The van der Waals surface area contributed by atoms with Gasteiger partial charge in [0, 0.05) is 18.1 Å². The van der Waals surface area contributed by atoms with Crippen LogP contribution < -0.4 is 10.1 Å². The Morgan fingerprint density at radius 1 is 1.38 bits per heavy atom. The van der Waals surface area contributed by atoms with Crippen LogP contribution in [0.25, 0.3) is 0 Å². The van der Waals surface area contributed by atoms with Gasteiger partial charge in [0.25, 0.3) is 0 Å². The fourth-order valence-electron chi connectivity index (χ4n) is 2.35. The lowest BCUT2D eigenvalue weighted by Gasteiger charge is -2.15. The van der Waals surface area contributed by atoms with Gasteiger partial charge in [-0.15, -0.1) is 0 Å². The zero-order chi connectivity index (χ0) is 17.4. The first kappa shape index (κ1) is 18.5. The van der Waals surface area contributed by atoms with Crippen molar-refractivity contribution in [1.82, 2.24) is 0 Å². The smallest absolute Gasteiger partial charge is 0.306 e. The molecule has 0 radical (unpaired) electrons. The third kappa shape index (κ3) is 6.02. The number of anilines is 1. The first-order valence-electron chi connectivity index (χ1n) is 8.08. The Morgan fingerprint density at radius 2 is 2.21 bits per heavy atom. The summed E-state index contributed by atoms with van der Waals surface area (Å²) in [6.45, 7) is 3.21. The molecule has 1 N–H and O–H groups in total. The third-order valence-electron chi connectivity index (χ3n) is 3.53. The van der Waals surface area contributed by atoms with Crippen molar-refractivity contribution in [3.63, 3.8) is 0 Å². The number of esters is 1. The Labute approximate surface area is 146 Å². The monoisotopic (exact) mass is 355 g/mol. The molecule has 0 bridgehead atoms. The van der Waals surface area contributed by atoms with Crippen molar-refractivity contribution < 1.29 is 23.8 Å². The average molecular weight is 356 g/mol. The van der Waals surface area contributed by atoms with Gasteiger partial charge in [-0.3, -0.25) is 9.59 Å². The Hall–Kier alpha value is -1.79. The van der Waals surface area contributed by atoms with Crippen LogP contribution in [-0.2, 0) is 19.1 Å². The molecule has 24 heavy (non-hydrogen) atoms. The Morgan fingerprint density at radius 3 is 2.92 bits per heavy atom. The second-order valence-corrected chi connectivity index (χ2v) is 5.88. The number of amides is 1. The molecule has 1 fully saturated rings. The Kier molecular flexibility index (Phi) is 7.34. The molecular formula is C17H22ClNO5. The molecule has 132 valence electrons. The molecule has 2 rings (SSSR count). The molecular weight excluding hydrogens is 334 g/mol. The topological polar surface area (TPSA) is 73.9 Å². The van der Waals surface area contributed by atoms with E-state index in [1.54, 1.807) is 25.1 Å². The molecule has 6 nitrogen and oxygen atoms in total. The molecule has 0 saturated carbocycles. The number of nitrogens with one attached hydrogen (secondary N) is 1. The highest BCUT2D eigenvalue weighted by Gasteiger charge is 2.17. The Bertz CT molecular complexity index is 572. The lowest BCUT2D eigenvalue weighted by atomic mass is 10.2. The molecule has 1 aliphatic heterocycles. The van der Waals surface area contributed by atoms with Gasteiger partial charge in [-0.25, -0.2) is 0 Å². The number of carbonyl (C=O) groups is 2. The molecule has 1 atom stereocenters. The summed E-state index contributed by atoms with van der Waals surface area (Å²) in [5.41, 5.74) is 0.481. The van der Waals surface area contributed by atoms with Crippen molar-refractivity contribution in [2.45, 2.75) is 38.7 Å². The van der Waals surface area contributed by atoms with Crippen molar-refractivity contribution in [2.24, 2.45) is 0 Å². The van der Waals surface area contributed by atoms with Crippen molar-refractivity contribution in [3.8, 4) is 5.75 Å². The summed E-state index contributed by atoms with van der Waals surface area (Å²) in [7, 11) is 0. The maximum Gasteiger partial charge on any atom is 0.306 e. The highest BCUT2D eigenvalue weighted by molar-refractivity contribution is 6.31. The van der Waals surface area contributed by atoms with Crippen molar-refractivity contribution >= 4 is 29.2 Å². The number of halogens is 1. The summed E-state index contributed by atoms with van der Waals surface area (Å²) in [6.07, 6.45) is 2.15. The van der Waals surface area contributed by atoms with Gasteiger partial charge in [0.05, 0.1) is 24.8 Å². The van der Waals surface area contributed by atoms with E-state index in [4.69, 9.17) is 25.8 Å². The largest absolute Gasteiger partial charge is 0.489 e. The summed E-state index contributed by atoms with van der Waals surface area (Å²) in [6, 6.07) is 5.02. The molecule has 1 saturated heterocycles. The highest BCUT2D eigenvalue weighted by atomic mass is 35.5. The molecule has 0 aromatic heterocycles. The minimum Gasteiger partial charge on any atom is -0.489 e. The van der Waals surface area contributed by atoms with Gasteiger partial charge in [0.1, 0.15) is 12.4 Å². The second kappa shape index (κ2) is 9.49. The van der Waals surface area contributed by atoms with Crippen molar-refractivity contribution in [2.75, 3.05) is 25.1 Å². The first-order chi connectivity index (χ1) is 11.6. The zero-order valence-electron chi connectivity index (χ0n) is 13.7. The number of carbonyl (C=O) groups excluding carboxylic acids is 2. The van der Waals surface area contributed by atoms with Crippen molar-refractivity contribution in [3.05, 3.63) is 23.2 Å². The number of ether oxygens (including phenoxy) is 3. The molecule has 0 spiro atoms. The Balaban J connectivity index is 1.90. The predicted octanol–water partition coefficient (Wildman–Crippen LogP) is 3.18. The maximum absolute atomic E-state index is 12.0. The highest BCUT2D eigenvalue weighted by Crippen LogP contribution is 2.29. The lowest BCUT2D eigenvalue weighted by Crippen LogP contribution is -2.18. The summed E-state index contributed by atoms with van der Waals surface area (Å²) in [5.74, 6) is -0.166. The van der Waals surface area contributed by atoms with Crippen LogP contribution in [0.5, 0.6) is 5.75 Å². The lowest BCUT2D eigenvalue weighted by molar-refractivity contribution is -0.144. The first-order valence-corrected chi connectivity index (χ1v) is 8.45. The summed E-state index contributed by atoms with van der Waals surface area (Å²) in [5, 5.41) is 3.21. The number of hydrogen-bond donors (Lipinski definition) is 1. The molecule has 1 aromatic rings. The summed E-state index contributed by atoms with van der Waals surface area (Å²) >= 11 is 5.99. The van der Waals surface area contributed by atoms with E-state index in [-0.39, 0.29) is 24.9 Å². The average Bonchev–Trinajstić information content (AvgIpc) is 3.06. The minimum atomic E-state index is -0.395. The number of hydrogen-bond acceptors (Lipinski definition) is 5. The molecule has 0 unspecified atom stereocenters. The van der Waals surface area contributed by atoms with E-state index in [2.05, 4.69) is 5.32 Å². The van der Waals surface area contributed by atoms with E-state index in [0.717, 1.165) is 19.4 Å². The van der Waals surface area contributed by atoms with Crippen LogP contribution in [-0.4, -0.2) is 37.8 Å². The minimum absolute atomic E-state index is 0.0341. The SMILES string of the molecule is CCOC(=O)CCC(=O)Nc1cc(Cl)ccc1OC[C@H]1CCCO1. The van der Waals surface area contributed by atoms with Gasteiger partial charge in [0.15, 0.2) is 0 Å². The number of rotatable bonds is 8. The van der Waals surface area contributed by atoms with Gasteiger partial charge < -0.3 is 19.5 Å². The van der Waals surface area contributed by atoms with E-state index < -0.39 is 5.97 Å². The van der Waals surface area contributed by atoms with E-state index in [0.29, 0.717) is 29.7 Å². The van der Waals surface area contributed by atoms with Crippen LogP contribution in [0.2, 0.25) is 5.02 Å². The molecule has 1 aromatic carbocycles. The standard InChI is InChI=1S/C17H22ClNO5/c1-2-22-17(21)8-7-16(20)19-14-10-12(18)5-6-15(14)24-11-13-4-3-9-23-13/h5-6,10,13H,2-4,7-9,11H2,1H3,(H,19,20)/t13-/m1/s1. The van der Waals surface area contributed by atoms with Crippen LogP contribution in [0.4, 0.5) is 5.69 Å². The summed E-state index contributed by atoms with van der Waals surface area (Å²) < 4.78 is 16.1. The van der Waals surface area contributed by atoms with Gasteiger partial charge in [0.2, 0.25) is 5.91 Å². The van der Waals surface area contributed by atoms with Gasteiger partial charge in [-0.1, -0.05) is 11.6 Å². The van der Waals surface area contributed by atoms with Crippen LogP contribution in [0.15, 0.2) is 18.2 Å². The van der Waals surface area contributed by atoms with E-state index in [9.17, 15) is 9.59 Å². The molecule has 1 aliphatic rings. The maximum atomic E-state index is 12.0. The zero-order valence-corrected chi connectivity index (χ0v) is 14.4. The van der Waals surface area contributed by atoms with Gasteiger partial charge in [-0.05, 0) is 38.0 Å². The molecule has 7 heteroatoms. The van der Waals surface area contributed by atoms with Gasteiger partial charge >= 0.3 is 5.97 Å². The van der Waals surface area contributed by atoms with E-state index in [1.807, 2.05) is 0 Å². The van der Waals surface area contributed by atoms with Crippen LogP contribution in [0, 0.1) is 0 Å². The molecule has 0 aliphatic carbocycles. The molecule has 1 heterocycles. The number of benzene rings is 1. The van der Waals surface area contributed by atoms with E-state index in [1.165, 1.54) is 0 Å². The third-order valence-corrected chi connectivity index (χ3v) is 3.76. The fourth-order valence-corrected chi connectivity index (χ4v) is 2.52. The normalized spacial score (nSPS) is 16.7. The fraction of sp³-hybridized carbons (Fsp3) is 0.529. The summed E-state index contributed by atoms with van der Waals surface area (Å²) in [4.78, 5) is 23.3. The van der Waals surface area contributed by atoms with Crippen LogP contribution >= 0.6 is 11.6 Å². The van der Waals surface area contributed by atoms with E-state index >= 15 is 0 Å². The van der Waals surface area contributed by atoms with Crippen molar-refractivity contribution in [1.29, 1.82) is 0 Å².